The van der Waals surface area contributed by atoms with Crippen LogP contribution in [0.2, 0.25) is 10.0 Å². The third kappa shape index (κ3) is 4.49. The predicted octanol–water partition coefficient (Wildman–Crippen LogP) is 5.18. The van der Waals surface area contributed by atoms with Crippen LogP contribution in [-0.2, 0) is 5.41 Å². The Hall–Kier alpha value is -2.15. The van der Waals surface area contributed by atoms with Gasteiger partial charge >= 0.3 is 6.03 Å². The number of rotatable bonds is 5. The van der Waals surface area contributed by atoms with Gasteiger partial charge in [-0.1, -0.05) is 29.3 Å². The summed E-state index contributed by atoms with van der Waals surface area (Å²) >= 11 is 12.2. The normalized spacial score (nSPS) is 25.2. The predicted molar refractivity (Wildman–Crippen MR) is 128 cm³/mol. The minimum atomic E-state index is -0.260. The van der Waals surface area contributed by atoms with Gasteiger partial charge in [-0.25, -0.2) is 4.79 Å². The smallest absolute Gasteiger partial charge is 0.319 e. The molecule has 2 amide bonds. The lowest BCUT2D eigenvalue weighted by atomic mass is 9.63. The van der Waals surface area contributed by atoms with Crippen LogP contribution in [0, 0.1) is 5.92 Å². The highest BCUT2D eigenvalue weighted by Crippen LogP contribution is 2.49. The maximum Gasteiger partial charge on any atom is 0.319 e. The summed E-state index contributed by atoms with van der Waals surface area (Å²) in [5.41, 5.74) is 1.82. The molecule has 172 valence electrons. The van der Waals surface area contributed by atoms with E-state index in [1.165, 1.54) is 5.56 Å². The Kier molecular flexibility index (Phi) is 6.75. The van der Waals surface area contributed by atoms with Crippen molar-refractivity contribution in [1.29, 1.82) is 0 Å². The molecule has 0 spiro atoms. The van der Waals surface area contributed by atoms with Gasteiger partial charge in [-0.05, 0) is 68.1 Å². The zero-order valence-corrected chi connectivity index (χ0v) is 20.1. The number of fused-ring (bicyclic) bond motifs is 1. The number of likely N-dealkylation sites (tertiary alicyclic amines) is 1. The van der Waals surface area contributed by atoms with Crippen molar-refractivity contribution in [2.75, 3.05) is 39.7 Å². The van der Waals surface area contributed by atoms with Crippen molar-refractivity contribution in [3.63, 3.8) is 0 Å². The lowest BCUT2D eigenvalue weighted by molar-refractivity contribution is 0.197. The SMILES string of the molecule is COc1ccc([C@@]23CC[C@@H](NC(=O)Nc4cc(Cl)ccc4Cl)C[C@@H]2CN(C)C3)cc1OC. The molecule has 2 aromatic rings. The van der Waals surface area contributed by atoms with Crippen molar-refractivity contribution < 1.29 is 14.3 Å². The lowest BCUT2D eigenvalue weighted by Crippen LogP contribution is -2.48. The molecule has 1 saturated carbocycles. The van der Waals surface area contributed by atoms with Crippen molar-refractivity contribution in [1.82, 2.24) is 10.2 Å². The Labute approximate surface area is 199 Å². The van der Waals surface area contributed by atoms with Gasteiger partial charge in [0.2, 0.25) is 0 Å². The zero-order valence-electron chi connectivity index (χ0n) is 18.6. The second-order valence-electron chi connectivity index (χ2n) is 8.81. The molecular formula is C24H29Cl2N3O3. The molecule has 1 aliphatic heterocycles. The number of likely N-dealkylation sites (N-methyl/N-ethyl adjacent to an activating group) is 1. The number of hydrogen-bond donors (Lipinski definition) is 2. The molecule has 0 unspecified atom stereocenters. The molecule has 2 N–H and O–H groups in total. The molecule has 4 rings (SSSR count). The van der Waals surface area contributed by atoms with Gasteiger partial charge in [-0.3, -0.25) is 0 Å². The molecule has 0 radical (unpaired) electrons. The van der Waals surface area contributed by atoms with E-state index in [9.17, 15) is 4.79 Å². The second-order valence-corrected chi connectivity index (χ2v) is 9.66. The fourth-order valence-electron chi connectivity index (χ4n) is 5.39. The highest BCUT2D eigenvalue weighted by atomic mass is 35.5. The quantitative estimate of drug-likeness (QED) is 0.622. The van der Waals surface area contributed by atoms with Crippen molar-refractivity contribution in [3.8, 4) is 11.5 Å². The molecule has 1 aliphatic carbocycles. The summed E-state index contributed by atoms with van der Waals surface area (Å²) in [6.07, 6.45) is 2.80. The van der Waals surface area contributed by atoms with Crippen LogP contribution >= 0.6 is 23.2 Å². The fourth-order valence-corrected chi connectivity index (χ4v) is 5.72. The largest absolute Gasteiger partial charge is 0.493 e. The first-order valence-corrected chi connectivity index (χ1v) is 11.5. The maximum absolute atomic E-state index is 12.6. The van der Waals surface area contributed by atoms with Gasteiger partial charge in [-0.15, -0.1) is 0 Å². The average molecular weight is 478 g/mol. The lowest BCUT2D eigenvalue weighted by Gasteiger charge is -2.42. The van der Waals surface area contributed by atoms with Crippen molar-refractivity contribution in [2.24, 2.45) is 5.92 Å². The van der Waals surface area contributed by atoms with Crippen LogP contribution in [0.1, 0.15) is 24.8 Å². The fraction of sp³-hybridized carbons (Fsp3) is 0.458. The first-order valence-electron chi connectivity index (χ1n) is 10.8. The maximum atomic E-state index is 12.6. The molecule has 0 aromatic heterocycles. The summed E-state index contributed by atoms with van der Waals surface area (Å²) in [7, 11) is 5.49. The number of nitrogens with one attached hydrogen (secondary N) is 2. The van der Waals surface area contributed by atoms with Crippen LogP contribution in [0.4, 0.5) is 10.5 Å². The minimum absolute atomic E-state index is 0.0409. The molecule has 32 heavy (non-hydrogen) atoms. The molecule has 8 heteroatoms. The number of ether oxygens (including phenoxy) is 2. The third-order valence-corrected chi connectivity index (χ3v) is 7.41. The Balaban J connectivity index is 1.48. The number of amides is 2. The molecule has 6 nitrogen and oxygen atoms in total. The summed E-state index contributed by atoms with van der Waals surface area (Å²) < 4.78 is 11.0. The first-order chi connectivity index (χ1) is 15.3. The van der Waals surface area contributed by atoms with Crippen molar-refractivity contribution in [3.05, 3.63) is 52.0 Å². The molecular weight excluding hydrogens is 449 g/mol. The Morgan fingerprint density at radius 1 is 1.12 bits per heavy atom. The molecule has 3 atom stereocenters. The van der Waals surface area contributed by atoms with E-state index >= 15 is 0 Å². The van der Waals surface area contributed by atoms with Crippen LogP contribution in [0.5, 0.6) is 11.5 Å². The monoisotopic (exact) mass is 477 g/mol. The third-order valence-electron chi connectivity index (χ3n) is 6.84. The van der Waals surface area contributed by atoms with Gasteiger partial charge in [0.15, 0.2) is 11.5 Å². The van der Waals surface area contributed by atoms with Gasteiger partial charge in [0.05, 0.1) is 24.9 Å². The number of hydrogen-bond acceptors (Lipinski definition) is 4. The molecule has 1 heterocycles. The number of benzene rings is 2. The van der Waals surface area contributed by atoms with Crippen LogP contribution in [0.3, 0.4) is 0 Å². The summed E-state index contributed by atoms with van der Waals surface area (Å²) in [5, 5.41) is 6.95. The summed E-state index contributed by atoms with van der Waals surface area (Å²) in [6.45, 7) is 1.98. The number of anilines is 1. The van der Waals surface area contributed by atoms with Gasteiger partial charge in [-0.2, -0.15) is 0 Å². The minimum Gasteiger partial charge on any atom is -0.493 e. The van der Waals surface area contributed by atoms with E-state index in [2.05, 4.69) is 34.7 Å². The topological polar surface area (TPSA) is 62.8 Å². The molecule has 2 aromatic carbocycles. The zero-order chi connectivity index (χ0) is 22.9. The summed E-state index contributed by atoms with van der Waals surface area (Å²) in [4.78, 5) is 15.0. The molecule has 1 saturated heterocycles. The molecule has 2 fully saturated rings. The number of urea groups is 1. The Morgan fingerprint density at radius 3 is 2.66 bits per heavy atom. The Bertz CT molecular complexity index is 1000. The van der Waals surface area contributed by atoms with Gasteiger partial charge in [0, 0.05) is 29.6 Å². The van der Waals surface area contributed by atoms with Gasteiger partial charge in [0.25, 0.3) is 0 Å². The number of nitrogens with zero attached hydrogens (tertiary/aromatic N) is 1. The van der Waals surface area contributed by atoms with Crippen molar-refractivity contribution >= 4 is 34.9 Å². The average Bonchev–Trinajstić information content (AvgIpc) is 3.12. The number of halogens is 2. The van der Waals surface area contributed by atoms with Gasteiger partial charge < -0.3 is 25.0 Å². The first kappa shape index (κ1) is 23.0. The van der Waals surface area contributed by atoms with E-state index in [0.717, 1.165) is 43.9 Å². The van der Waals surface area contributed by atoms with Crippen LogP contribution < -0.4 is 20.1 Å². The van der Waals surface area contributed by atoms with E-state index in [1.54, 1.807) is 32.4 Å². The highest BCUT2D eigenvalue weighted by Gasteiger charge is 2.50. The van der Waals surface area contributed by atoms with E-state index in [-0.39, 0.29) is 17.5 Å². The van der Waals surface area contributed by atoms with Gasteiger partial charge in [0.1, 0.15) is 0 Å². The highest BCUT2D eigenvalue weighted by molar-refractivity contribution is 6.35. The summed E-state index contributed by atoms with van der Waals surface area (Å²) in [5.74, 6) is 1.92. The van der Waals surface area contributed by atoms with E-state index in [0.29, 0.717) is 21.7 Å². The van der Waals surface area contributed by atoms with Crippen molar-refractivity contribution in [2.45, 2.75) is 30.7 Å². The summed E-state index contributed by atoms with van der Waals surface area (Å²) in [6, 6.07) is 11.1. The standard InChI is InChI=1S/C24H29Cl2N3O3/c1-29-13-16-10-18(27-23(30)28-20-12-17(25)5-6-19(20)26)8-9-24(16,14-29)15-4-7-21(31-2)22(11-15)32-3/h4-7,11-12,16,18H,8-10,13-14H2,1-3H3,(H2,27,28,30)/t16-,18-,24+/m1/s1. The second kappa shape index (κ2) is 9.38. The van der Waals surface area contributed by atoms with Crippen LogP contribution in [0.15, 0.2) is 36.4 Å². The molecule has 0 bridgehead atoms. The van der Waals surface area contributed by atoms with Crippen LogP contribution in [0.25, 0.3) is 0 Å². The number of carbonyl (C=O) groups is 1. The van der Waals surface area contributed by atoms with E-state index < -0.39 is 0 Å². The number of carbonyl (C=O) groups excluding carboxylic acids is 1. The van der Waals surface area contributed by atoms with E-state index in [4.69, 9.17) is 32.7 Å². The van der Waals surface area contributed by atoms with Crippen LogP contribution in [-0.4, -0.2) is 51.3 Å². The molecule has 2 aliphatic rings. The Morgan fingerprint density at radius 2 is 1.91 bits per heavy atom. The van der Waals surface area contributed by atoms with E-state index in [1.807, 2.05) is 6.07 Å². The number of methoxy groups -OCH3 is 2.